The Balaban J connectivity index is 2.88. The Hall–Kier alpha value is -1.33. The molecular formula is C17H19BrF5NO4. The highest BCUT2D eigenvalue weighted by Crippen LogP contribution is 2.46. The predicted octanol–water partition coefficient (Wildman–Crippen LogP) is 4.83. The fourth-order valence-corrected chi connectivity index (χ4v) is 3.89. The Morgan fingerprint density at radius 3 is 2.18 bits per heavy atom. The van der Waals surface area contributed by atoms with Crippen LogP contribution in [0.5, 0.6) is 0 Å². The number of pyridine rings is 1. The number of carbonyl (C=O) groups is 1. The van der Waals surface area contributed by atoms with Crippen molar-refractivity contribution in [2.75, 3.05) is 21.3 Å². The quantitative estimate of drug-likeness (QED) is 0.233. The summed E-state index contributed by atoms with van der Waals surface area (Å²) in [6.07, 6.45) is -8.16. The molecular weight excluding hydrogens is 457 g/mol. The van der Waals surface area contributed by atoms with E-state index in [1.54, 1.807) is 0 Å². The van der Waals surface area contributed by atoms with Crippen molar-refractivity contribution < 1.29 is 41.0 Å². The summed E-state index contributed by atoms with van der Waals surface area (Å²) in [5.74, 6) is -1.18. The molecule has 1 unspecified atom stereocenters. The smallest absolute Gasteiger partial charge is 0.433 e. The SMILES string of the molecule is COC(=O)c1c(C(F)F)nc(C(F)(F)F)c(C(Br)C(OC)OC)c1CC1CC1. The lowest BCUT2D eigenvalue weighted by molar-refractivity contribution is -0.143. The summed E-state index contributed by atoms with van der Waals surface area (Å²) in [6, 6.07) is 0. The molecule has 28 heavy (non-hydrogen) atoms. The third kappa shape index (κ3) is 4.80. The van der Waals surface area contributed by atoms with Gasteiger partial charge in [-0.1, -0.05) is 15.9 Å². The van der Waals surface area contributed by atoms with E-state index in [1.165, 1.54) is 14.2 Å². The van der Waals surface area contributed by atoms with Crippen LogP contribution in [0.15, 0.2) is 0 Å². The molecule has 0 N–H and O–H groups in total. The fourth-order valence-electron chi connectivity index (χ4n) is 2.96. The van der Waals surface area contributed by atoms with Crippen molar-refractivity contribution in [1.82, 2.24) is 4.98 Å². The normalized spacial score (nSPS) is 16.0. The standard InChI is InChI=1S/C17H19BrF5NO4/c1-26-15(25)10-8(6-7-4-5-7)9(11(18)16(27-2)28-3)13(17(21,22)23)24-12(10)14(19)20/h7,11,14,16H,4-6H2,1-3H3. The van der Waals surface area contributed by atoms with Gasteiger partial charge in [-0.05, 0) is 30.7 Å². The van der Waals surface area contributed by atoms with Gasteiger partial charge in [0.1, 0.15) is 11.4 Å². The molecule has 1 aliphatic rings. The molecule has 1 saturated carbocycles. The molecule has 1 atom stereocenters. The van der Waals surface area contributed by atoms with Gasteiger partial charge in [-0.25, -0.2) is 18.6 Å². The first kappa shape index (κ1) is 23.0. The summed E-state index contributed by atoms with van der Waals surface area (Å²) in [7, 11) is 3.41. The van der Waals surface area contributed by atoms with Crippen LogP contribution in [-0.2, 0) is 26.8 Å². The van der Waals surface area contributed by atoms with Crippen LogP contribution < -0.4 is 0 Å². The number of methoxy groups -OCH3 is 3. The van der Waals surface area contributed by atoms with E-state index in [2.05, 4.69) is 25.7 Å². The Labute approximate surface area is 166 Å². The number of nitrogens with zero attached hydrogens (tertiary/aromatic N) is 1. The summed E-state index contributed by atoms with van der Waals surface area (Å²) in [5.41, 5.74) is -4.02. The summed E-state index contributed by atoms with van der Waals surface area (Å²) in [6.45, 7) is 0. The van der Waals surface area contributed by atoms with E-state index < -0.39 is 52.2 Å². The first-order chi connectivity index (χ1) is 13.1. The van der Waals surface area contributed by atoms with Crippen molar-refractivity contribution in [3.8, 4) is 0 Å². The number of hydrogen-bond donors (Lipinski definition) is 0. The largest absolute Gasteiger partial charge is 0.465 e. The minimum atomic E-state index is -5.04. The molecule has 1 heterocycles. The molecule has 0 saturated heterocycles. The number of carbonyl (C=O) groups excluding carboxylic acids is 1. The average Bonchev–Trinajstić information content (AvgIpc) is 3.44. The number of hydrogen-bond acceptors (Lipinski definition) is 5. The highest BCUT2D eigenvalue weighted by molar-refractivity contribution is 9.09. The van der Waals surface area contributed by atoms with Gasteiger partial charge in [0, 0.05) is 19.8 Å². The van der Waals surface area contributed by atoms with Crippen molar-refractivity contribution in [1.29, 1.82) is 0 Å². The lowest BCUT2D eigenvalue weighted by Gasteiger charge is -2.27. The van der Waals surface area contributed by atoms with Gasteiger partial charge in [0.05, 0.1) is 17.5 Å². The zero-order valence-corrected chi connectivity index (χ0v) is 16.9. The molecule has 0 amide bonds. The van der Waals surface area contributed by atoms with Gasteiger partial charge in [0.15, 0.2) is 6.29 Å². The molecule has 1 aromatic heterocycles. The third-order valence-electron chi connectivity index (χ3n) is 4.40. The zero-order chi connectivity index (χ0) is 21.2. The summed E-state index contributed by atoms with van der Waals surface area (Å²) < 4.78 is 83.0. The van der Waals surface area contributed by atoms with Crippen LogP contribution in [0.3, 0.4) is 0 Å². The molecule has 1 aliphatic carbocycles. The Morgan fingerprint density at radius 2 is 1.79 bits per heavy atom. The van der Waals surface area contributed by atoms with Crippen LogP contribution >= 0.6 is 15.9 Å². The minimum Gasteiger partial charge on any atom is -0.465 e. The number of aromatic nitrogens is 1. The Kier molecular flexibility index (Phi) is 7.38. The van der Waals surface area contributed by atoms with Gasteiger partial charge in [-0.3, -0.25) is 0 Å². The van der Waals surface area contributed by atoms with Crippen molar-refractivity contribution in [2.45, 2.75) is 43.0 Å². The van der Waals surface area contributed by atoms with Crippen molar-refractivity contribution in [3.63, 3.8) is 0 Å². The lowest BCUT2D eigenvalue weighted by atomic mass is 9.91. The Bertz CT molecular complexity index is 720. The maximum Gasteiger partial charge on any atom is 0.433 e. The Morgan fingerprint density at radius 1 is 1.21 bits per heavy atom. The van der Waals surface area contributed by atoms with Crippen LogP contribution in [0.4, 0.5) is 22.0 Å². The molecule has 11 heteroatoms. The van der Waals surface area contributed by atoms with Crippen LogP contribution in [0.2, 0.25) is 0 Å². The van der Waals surface area contributed by atoms with Crippen LogP contribution in [0, 0.1) is 5.92 Å². The van der Waals surface area contributed by atoms with E-state index in [0.29, 0.717) is 0 Å². The van der Waals surface area contributed by atoms with Crippen molar-refractivity contribution in [2.24, 2.45) is 5.92 Å². The highest BCUT2D eigenvalue weighted by atomic mass is 79.9. The van der Waals surface area contributed by atoms with Crippen LogP contribution in [0.25, 0.3) is 0 Å². The highest BCUT2D eigenvalue weighted by Gasteiger charge is 2.44. The summed E-state index contributed by atoms with van der Waals surface area (Å²) >= 11 is 3.11. The second-order valence-corrected chi connectivity index (χ2v) is 7.28. The van der Waals surface area contributed by atoms with Crippen molar-refractivity contribution in [3.05, 3.63) is 28.1 Å². The maximum absolute atomic E-state index is 13.7. The van der Waals surface area contributed by atoms with Gasteiger partial charge in [-0.15, -0.1) is 0 Å². The maximum atomic E-state index is 13.7. The number of alkyl halides is 6. The molecule has 0 aliphatic heterocycles. The van der Waals surface area contributed by atoms with Gasteiger partial charge in [-0.2, -0.15) is 13.2 Å². The van der Waals surface area contributed by atoms with Gasteiger partial charge in [0.2, 0.25) is 0 Å². The average molecular weight is 476 g/mol. The number of esters is 1. The van der Waals surface area contributed by atoms with E-state index in [4.69, 9.17) is 9.47 Å². The fraction of sp³-hybridized carbons (Fsp3) is 0.647. The molecule has 0 aromatic carbocycles. The molecule has 0 radical (unpaired) electrons. The van der Waals surface area contributed by atoms with Gasteiger partial charge >= 0.3 is 12.1 Å². The van der Waals surface area contributed by atoms with Gasteiger partial charge < -0.3 is 14.2 Å². The summed E-state index contributed by atoms with van der Waals surface area (Å²) in [4.78, 5) is 14.2. The van der Waals surface area contributed by atoms with E-state index >= 15 is 0 Å². The molecule has 5 nitrogen and oxygen atoms in total. The van der Waals surface area contributed by atoms with E-state index in [9.17, 15) is 26.7 Å². The lowest BCUT2D eigenvalue weighted by Crippen LogP contribution is -2.27. The first-order valence-corrected chi connectivity index (χ1v) is 9.18. The minimum absolute atomic E-state index is 0.00728. The topological polar surface area (TPSA) is 57.7 Å². The van der Waals surface area contributed by atoms with Crippen LogP contribution in [0.1, 0.15) is 57.0 Å². The molecule has 0 bridgehead atoms. The molecule has 1 aromatic rings. The third-order valence-corrected chi connectivity index (χ3v) is 5.29. The van der Waals surface area contributed by atoms with Crippen LogP contribution in [-0.4, -0.2) is 38.6 Å². The molecule has 2 rings (SSSR count). The second-order valence-electron chi connectivity index (χ2n) is 6.29. The molecule has 158 valence electrons. The zero-order valence-electron chi connectivity index (χ0n) is 15.3. The number of ether oxygens (including phenoxy) is 3. The molecule has 1 fully saturated rings. The van der Waals surface area contributed by atoms with E-state index in [-0.39, 0.29) is 17.9 Å². The van der Waals surface area contributed by atoms with Crippen molar-refractivity contribution >= 4 is 21.9 Å². The van der Waals surface area contributed by atoms with Gasteiger partial charge in [0.25, 0.3) is 6.43 Å². The second kappa shape index (κ2) is 9.00. The summed E-state index contributed by atoms with van der Waals surface area (Å²) in [5, 5.41) is 0. The first-order valence-electron chi connectivity index (χ1n) is 8.26. The molecule has 0 spiro atoms. The number of rotatable bonds is 8. The predicted molar refractivity (Wildman–Crippen MR) is 91.4 cm³/mol. The van der Waals surface area contributed by atoms with E-state index in [1.807, 2.05) is 0 Å². The van der Waals surface area contributed by atoms with E-state index in [0.717, 1.165) is 20.0 Å². The monoisotopic (exact) mass is 475 g/mol. The number of halogens is 6.